The zero-order valence-corrected chi connectivity index (χ0v) is 27.7. The lowest BCUT2D eigenvalue weighted by molar-refractivity contribution is -0.132. The summed E-state index contributed by atoms with van der Waals surface area (Å²) in [5.41, 5.74) is 17.5. The van der Waals surface area contributed by atoms with Crippen molar-refractivity contribution in [3.63, 3.8) is 0 Å². The van der Waals surface area contributed by atoms with Gasteiger partial charge in [0.25, 0.3) is 5.91 Å². The van der Waals surface area contributed by atoms with Crippen molar-refractivity contribution in [3.05, 3.63) is 20.9 Å². The predicted molar refractivity (Wildman–Crippen MR) is 177 cm³/mol. The van der Waals surface area contributed by atoms with E-state index >= 15 is 0 Å². The normalized spacial score (nSPS) is 35.2. The van der Waals surface area contributed by atoms with Gasteiger partial charge in [0.05, 0.1) is 6.10 Å². The van der Waals surface area contributed by atoms with E-state index in [2.05, 4.69) is 25.4 Å². The lowest BCUT2D eigenvalue weighted by Gasteiger charge is -2.43. The van der Waals surface area contributed by atoms with Gasteiger partial charge < -0.3 is 19.9 Å². The van der Waals surface area contributed by atoms with E-state index in [0.717, 1.165) is 89.9 Å². The summed E-state index contributed by atoms with van der Waals surface area (Å²) in [5.74, 6) is 1.48. The number of nitrogens with zero attached hydrogens (tertiary/aromatic N) is 7. The van der Waals surface area contributed by atoms with E-state index in [9.17, 15) is 15.9 Å². The molecule has 0 aromatic heterocycles. The highest BCUT2D eigenvalue weighted by Crippen LogP contribution is 2.48. The summed E-state index contributed by atoms with van der Waals surface area (Å²) in [7, 11) is 0. The molecular weight excluding hydrogens is 584 g/mol. The number of carbonyl (C=O) groups excluding carboxylic acids is 1. The third-order valence-electron chi connectivity index (χ3n) is 11.8. The molecule has 1 aliphatic heterocycles. The number of amides is 1. The minimum absolute atomic E-state index is 0.0422. The molecule has 2 N–H and O–H groups in total. The largest absolute Gasteiger partial charge is 0.474 e. The molecule has 5 rings (SSSR count). The quantitative estimate of drug-likeness (QED) is 0.0862. The Bertz CT molecular complexity index is 1110. The maximum absolute atomic E-state index is 14.8. The molecule has 46 heavy (non-hydrogen) atoms. The van der Waals surface area contributed by atoms with Gasteiger partial charge in [0.1, 0.15) is 6.10 Å². The molecule has 4 unspecified atom stereocenters. The molecule has 5 aliphatic rings. The first-order chi connectivity index (χ1) is 22.6. The number of aliphatic imine (C=N–C) groups is 1. The Kier molecular flexibility index (Phi) is 13.3. The molecule has 0 bridgehead atoms. The van der Waals surface area contributed by atoms with Crippen LogP contribution in [0.2, 0.25) is 0 Å². The molecule has 12 heteroatoms. The molecule has 4 aliphatic carbocycles. The third kappa shape index (κ3) is 8.68. The van der Waals surface area contributed by atoms with Crippen LogP contribution < -0.4 is 5.32 Å². The Morgan fingerprint density at radius 1 is 0.935 bits per heavy atom. The summed E-state index contributed by atoms with van der Waals surface area (Å²) in [6, 6.07) is -0.154. The zero-order chi connectivity index (χ0) is 32.2. The Hall–Kier alpha value is -2.52. The van der Waals surface area contributed by atoms with Crippen LogP contribution in [0.1, 0.15) is 122 Å². The number of rotatable bonds is 14. The van der Waals surface area contributed by atoms with Crippen LogP contribution in [0, 0.1) is 29.6 Å². The molecule has 0 saturated heterocycles. The molecule has 0 radical (unpaired) electrons. The van der Waals surface area contributed by atoms with Crippen molar-refractivity contribution in [1.29, 1.82) is 0 Å². The lowest BCUT2D eigenvalue weighted by Crippen LogP contribution is -2.58. The fraction of sp³-hybridized carbons (Fsp3) is 0.941. The third-order valence-corrected chi connectivity index (χ3v) is 11.8. The number of aliphatic hydroxyl groups excluding tert-OH is 1. The standard InChI is InChI=1S/C34H56N8O4/c35-41-38-23-27-12-4-6-13-29(27)31-34(21-26-11-5-7-14-30(26)40-42-36,33(44)37-22-24-9-2-1-3-10-24)39-32(46-31)25-15-17-28(18-16-25)45-20-8-19-43/h24-31,43H,1-23H2,(H,37,44)/t25?,26?,27?,28?,29?,30?,31-,34-/m1/s1. The molecular formula is C34H56N8O4. The topological polar surface area (TPSA) is 178 Å². The highest BCUT2D eigenvalue weighted by Gasteiger charge is 2.58. The van der Waals surface area contributed by atoms with Crippen molar-refractivity contribution in [2.75, 3.05) is 26.3 Å². The van der Waals surface area contributed by atoms with E-state index in [4.69, 9.17) is 19.6 Å². The monoisotopic (exact) mass is 640 g/mol. The van der Waals surface area contributed by atoms with Gasteiger partial charge in [-0.05, 0) is 106 Å². The smallest absolute Gasteiger partial charge is 0.251 e. The molecule has 0 spiro atoms. The number of aliphatic hydroxyl groups is 1. The fourth-order valence-electron chi connectivity index (χ4n) is 9.20. The molecule has 1 amide bonds. The second kappa shape index (κ2) is 17.6. The van der Waals surface area contributed by atoms with Crippen LogP contribution >= 0.6 is 0 Å². The molecule has 0 aromatic rings. The average Bonchev–Trinajstić information content (AvgIpc) is 3.48. The minimum Gasteiger partial charge on any atom is -0.474 e. The number of nitrogens with one attached hydrogen (secondary N) is 1. The molecule has 256 valence electrons. The number of carbonyl (C=O) groups is 1. The average molecular weight is 641 g/mol. The van der Waals surface area contributed by atoms with E-state index in [1.807, 2.05) is 0 Å². The van der Waals surface area contributed by atoms with Crippen LogP contribution in [0.15, 0.2) is 15.2 Å². The van der Waals surface area contributed by atoms with Crippen molar-refractivity contribution in [2.24, 2.45) is 44.8 Å². The van der Waals surface area contributed by atoms with Gasteiger partial charge in [-0.2, -0.15) is 0 Å². The fourth-order valence-corrected chi connectivity index (χ4v) is 9.20. The summed E-state index contributed by atoms with van der Waals surface area (Å²) in [4.78, 5) is 26.6. The van der Waals surface area contributed by atoms with E-state index < -0.39 is 11.6 Å². The highest BCUT2D eigenvalue weighted by molar-refractivity contribution is 5.94. The van der Waals surface area contributed by atoms with Crippen molar-refractivity contribution >= 4 is 11.8 Å². The number of ether oxygens (including phenoxy) is 2. The van der Waals surface area contributed by atoms with Gasteiger partial charge in [-0.15, -0.1) is 0 Å². The number of hydrogen-bond donors (Lipinski definition) is 2. The van der Waals surface area contributed by atoms with Gasteiger partial charge >= 0.3 is 0 Å². The van der Waals surface area contributed by atoms with Crippen LogP contribution in [0.5, 0.6) is 0 Å². The number of hydrogen-bond acceptors (Lipinski definition) is 7. The summed E-state index contributed by atoms with van der Waals surface area (Å²) in [5, 5.41) is 20.8. The maximum Gasteiger partial charge on any atom is 0.251 e. The summed E-state index contributed by atoms with van der Waals surface area (Å²) >= 11 is 0. The van der Waals surface area contributed by atoms with Gasteiger partial charge in [0, 0.05) is 54.0 Å². The first kappa shape index (κ1) is 34.8. The van der Waals surface area contributed by atoms with Crippen molar-refractivity contribution in [1.82, 2.24) is 5.32 Å². The van der Waals surface area contributed by atoms with E-state index in [1.54, 1.807) is 0 Å². The number of azide groups is 2. The lowest BCUT2D eigenvalue weighted by atomic mass is 9.67. The zero-order valence-electron chi connectivity index (χ0n) is 27.7. The summed E-state index contributed by atoms with van der Waals surface area (Å²) in [6.45, 7) is 1.76. The van der Waals surface area contributed by atoms with Gasteiger partial charge in [0.2, 0.25) is 0 Å². The molecule has 4 fully saturated rings. The van der Waals surface area contributed by atoms with Gasteiger partial charge in [-0.25, -0.2) is 4.99 Å². The Labute approximate surface area is 274 Å². The minimum atomic E-state index is -1.11. The van der Waals surface area contributed by atoms with Gasteiger partial charge in [0.15, 0.2) is 11.4 Å². The van der Waals surface area contributed by atoms with Gasteiger partial charge in [-0.3, -0.25) is 4.79 Å². The van der Waals surface area contributed by atoms with E-state index in [-0.39, 0.29) is 48.3 Å². The second-order valence-electron chi connectivity index (χ2n) is 14.7. The van der Waals surface area contributed by atoms with Crippen molar-refractivity contribution in [2.45, 2.75) is 146 Å². The summed E-state index contributed by atoms with van der Waals surface area (Å²) in [6.07, 6.45) is 18.2. The Morgan fingerprint density at radius 3 is 2.39 bits per heavy atom. The highest BCUT2D eigenvalue weighted by atomic mass is 16.5. The molecule has 0 aromatic carbocycles. The van der Waals surface area contributed by atoms with Crippen molar-refractivity contribution in [3.8, 4) is 0 Å². The predicted octanol–water partition coefficient (Wildman–Crippen LogP) is 7.55. The SMILES string of the molecule is [N-]=[N+]=NCC1CCCCC1[C@H]1OC(C2CCC(OCCCO)CC2)=N[C@@]1(CC1CCCCC1N=[N+]=[N-])C(=O)NCC1CCCCC1. The molecule has 4 saturated carbocycles. The molecule has 12 nitrogen and oxygen atoms in total. The van der Waals surface area contributed by atoms with Gasteiger partial charge in [-0.1, -0.05) is 55.2 Å². The first-order valence-corrected chi connectivity index (χ1v) is 18.4. The van der Waals surface area contributed by atoms with E-state index in [0.29, 0.717) is 44.4 Å². The van der Waals surface area contributed by atoms with Crippen LogP contribution in [-0.4, -0.2) is 67.0 Å². The van der Waals surface area contributed by atoms with Crippen molar-refractivity contribution < 1.29 is 19.4 Å². The van der Waals surface area contributed by atoms with Crippen LogP contribution in [0.25, 0.3) is 20.9 Å². The Balaban J connectivity index is 1.47. The first-order valence-electron chi connectivity index (χ1n) is 18.4. The van der Waals surface area contributed by atoms with Crippen LogP contribution in [-0.2, 0) is 14.3 Å². The second-order valence-corrected chi connectivity index (χ2v) is 14.7. The van der Waals surface area contributed by atoms with Crippen LogP contribution in [0.4, 0.5) is 0 Å². The van der Waals surface area contributed by atoms with Crippen LogP contribution in [0.3, 0.4) is 0 Å². The molecule has 6 atom stereocenters. The van der Waals surface area contributed by atoms with E-state index in [1.165, 1.54) is 19.3 Å². The Morgan fingerprint density at radius 2 is 1.65 bits per heavy atom. The molecule has 1 heterocycles. The maximum atomic E-state index is 14.8. The summed E-state index contributed by atoms with van der Waals surface area (Å²) < 4.78 is 13.0.